The highest BCUT2D eigenvalue weighted by molar-refractivity contribution is 7.90. The van der Waals surface area contributed by atoms with Crippen molar-refractivity contribution in [3.05, 3.63) is 24.5 Å². The van der Waals surface area contributed by atoms with E-state index in [9.17, 15) is 8.42 Å². The summed E-state index contributed by atoms with van der Waals surface area (Å²) in [7, 11) is -1.92. The molecule has 0 aliphatic heterocycles. The smallest absolute Gasteiger partial charge is 0.301 e. The van der Waals surface area contributed by atoms with Crippen molar-refractivity contribution in [3.8, 4) is 0 Å². The van der Waals surface area contributed by atoms with Crippen molar-refractivity contribution < 1.29 is 8.42 Å². The molecule has 1 heterocycles. The Balaban J connectivity index is 2.47. The Bertz CT molecular complexity index is 436. The van der Waals surface area contributed by atoms with E-state index in [-0.39, 0.29) is 0 Å². The summed E-state index contributed by atoms with van der Waals surface area (Å²) in [5.41, 5.74) is 0.469. The Hall–Kier alpha value is -1.18. The van der Waals surface area contributed by atoms with Gasteiger partial charge in [-0.2, -0.15) is 12.7 Å². The molecule has 0 saturated carbocycles. The molecule has 0 atom stereocenters. The van der Waals surface area contributed by atoms with E-state index in [2.05, 4.69) is 15.0 Å². The molecular formula is C11H20N4O2S. The lowest BCUT2D eigenvalue weighted by Gasteiger charge is -2.18. The molecule has 18 heavy (non-hydrogen) atoms. The number of rotatable bonds is 8. The fourth-order valence-corrected chi connectivity index (χ4v) is 2.32. The maximum atomic E-state index is 11.9. The Morgan fingerprint density at radius 1 is 1.44 bits per heavy atom. The van der Waals surface area contributed by atoms with Crippen LogP contribution in [0.4, 0.5) is 5.69 Å². The van der Waals surface area contributed by atoms with Crippen LogP contribution < -0.4 is 10.0 Å². The quantitative estimate of drug-likeness (QED) is 0.682. The first-order valence-corrected chi connectivity index (χ1v) is 7.35. The summed E-state index contributed by atoms with van der Waals surface area (Å²) in [6.45, 7) is 4.20. The third-order valence-corrected chi connectivity index (χ3v) is 3.89. The molecule has 6 nitrogen and oxygen atoms in total. The van der Waals surface area contributed by atoms with Gasteiger partial charge in [0.15, 0.2) is 0 Å². The Morgan fingerprint density at radius 3 is 2.83 bits per heavy atom. The van der Waals surface area contributed by atoms with Crippen LogP contribution in [-0.2, 0) is 10.2 Å². The minimum atomic E-state index is -3.48. The average Bonchev–Trinajstić information content (AvgIpc) is 2.35. The number of aromatic nitrogens is 1. The van der Waals surface area contributed by atoms with Gasteiger partial charge in [-0.15, -0.1) is 0 Å². The first-order chi connectivity index (χ1) is 8.56. The summed E-state index contributed by atoms with van der Waals surface area (Å²) < 4.78 is 27.6. The summed E-state index contributed by atoms with van der Waals surface area (Å²) in [5, 5.41) is 3.15. The second-order valence-corrected chi connectivity index (χ2v) is 5.66. The lowest BCUT2D eigenvalue weighted by atomic mass is 10.4. The van der Waals surface area contributed by atoms with E-state index in [4.69, 9.17) is 0 Å². The third-order valence-electron chi connectivity index (χ3n) is 2.40. The van der Waals surface area contributed by atoms with Crippen LogP contribution in [0, 0.1) is 0 Å². The molecule has 0 amide bonds. The maximum Gasteiger partial charge on any atom is 0.301 e. The molecule has 1 aromatic rings. The monoisotopic (exact) mass is 272 g/mol. The fraction of sp³-hybridized carbons (Fsp3) is 0.545. The number of anilines is 1. The maximum absolute atomic E-state index is 11.9. The molecule has 0 saturated heterocycles. The first-order valence-electron chi connectivity index (χ1n) is 5.91. The first kappa shape index (κ1) is 14.9. The van der Waals surface area contributed by atoms with E-state index in [0.29, 0.717) is 12.2 Å². The van der Waals surface area contributed by atoms with Gasteiger partial charge in [0.2, 0.25) is 0 Å². The summed E-state index contributed by atoms with van der Waals surface area (Å²) in [4.78, 5) is 3.86. The highest BCUT2D eigenvalue weighted by Crippen LogP contribution is 2.08. The lowest BCUT2D eigenvalue weighted by molar-refractivity contribution is 0.459. The summed E-state index contributed by atoms with van der Waals surface area (Å²) in [6, 6.07) is 3.35. The highest BCUT2D eigenvalue weighted by atomic mass is 32.2. The van der Waals surface area contributed by atoms with E-state index < -0.39 is 10.2 Å². The van der Waals surface area contributed by atoms with Crippen molar-refractivity contribution >= 4 is 15.9 Å². The molecule has 0 aliphatic rings. The summed E-state index contributed by atoms with van der Waals surface area (Å²) >= 11 is 0. The minimum Gasteiger partial charge on any atom is -0.317 e. The topological polar surface area (TPSA) is 74.3 Å². The Morgan fingerprint density at radius 2 is 2.22 bits per heavy atom. The van der Waals surface area contributed by atoms with E-state index >= 15 is 0 Å². The molecule has 0 bridgehead atoms. The molecule has 0 fully saturated rings. The van der Waals surface area contributed by atoms with Crippen molar-refractivity contribution in [3.63, 3.8) is 0 Å². The standard InChI is InChI=1S/C11H20N4O2S/c1-3-12-8-5-9-15(2)18(16,17)14-11-6-4-7-13-10-11/h4,6-7,10,12,14H,3,5,8-9H2,1-2H3. The predicted molar refractivity (Wildman–Crippen MR) is 72.6 cm³/mol. The van der Waals surface area contributed by atoms with E-state index in [1.165, 1.54) is 10.5 Å². The number of nitrogens with one attached hydrogen (secondary N) is 2. The van der Waals surface area contributed by atoms with Crippen LogP contribution in [-0.4, -0.2) is 44.4 Å². The highest BCUT2D eigenvalue weighted by Gasteiger charge is 2.16. The van der Waals surface area contributed by atoms with Crippen LogP contribution in [0.25, 0.3) is 0 Å². The van der Waals surface area contributed by atoms with Crippen molar-refractivity contribution in [2.45, 2.75) is 13.3 Å². The van der Waals surface area contributed by atoms with E-state index in [1.54, 1.807) is 25.4 Å². The molecule has 102 valence electrons. The van der Waals surface area contributed by atoms with Crippen molar-refractivity contribution in [2.75, 3.05) is 31.4 Å². The third kappa shape index (κ3) is 4.99. The van der Waals surface area contributed by atoms with Gasteiger partial charge in [0, 0.05) is 19.8 Å². The minimum absolute atomic E-state index is 0.469. The molecule has 0 aromatic carbocycles. The summed E-state index contributed by atoms with van der Waals surface area (Å²) in [6.07, 6.45) is 3.85. The zero-order chi connectivity index (χ0) is 13.4. The van der Waals surface area contributed by atoms with Crippen LogP contribution in [0.3, 0.4) is 0 Å². The Kier molecular flexibility index (Phi) is 6.03. The second-order valence-electron chi connectivity index (χ2n) is 3.88. The molecule has 1 aromatic heterocycles. The van der Waals surface area contributed by atoms with Crippen molar-refractivity contribution in [2.24, 2.45) is 0 Å². The number of pyridine rings is 1. The van der Waals surface area contributed by atoms with E-state index in [0.717, 1.165) is 19.5 Å². The van der Waals surface area contributed by atoms with Gasteiger partial charge in [0.25, 0.3) is 0 Å². The molecule has 1 rings (SSSR count). The molecule has 0 radical (unpaired) electrons. The van der Waals surface area contributed by atoms with Gasteiger partial charge in [0.1, 0.15) is 0 Å². The van der Waals surface area contributed by atoms with Crippen molar-refractivity contribution in [1.29, 1.82) is 0 Å². The SMILES string of the molecule is CCNCCCN(C)S(=O)(=O)Nc1cccnc1. The molecule has 0 unspecified atom stereocenters. The molecule has 7 heteroatoms. The van der Waals surface area contributed by atoms with Gasteiger partial charge in [-0.3, -0.25) is 9.71 Å². The number of nitrogens with zero attached hydrogens (tertiary/aromatic N) is 2. The zero-order valence-electron chi connectivity index (χ0n) is 10.8. The molecule has 0 aliphatic carbocycles. The molecular weight excluding hydrogens is 252 g/mol. The van der Waals surface area contributed by atoms with Crippen LogP contribution in [0.15, 0.2) is 24.5 Å². The van der Waals surface area contributed by atoms with Crippen LogP contribution in [0.1, 0.15) is 13.3 Å². The number of hydrogen-bond acceptors (Lipinski definition) is 4. The van der Waals surface area contributed by atoms with Gasteiger partial charge in [-0.25, -0.2) is 0 Å². The second kappa shape index (κ2) is 7.30. The largest absolute Gasteiger partial charge is 0.317 e. The van der Waals surface area contributed by atoms with Gasteiger partial charge < -0.3 is 5.32 Å². The fourth-order valence-electron chi connectivity index (χ4n) is 1.37. The Labute approximate surface area is 109 Å². The van der Waals surface area contributed by atoms with Gasteiger partial charge in [-0.1, -0.05) is 6.92 Å². The molecule has 0 spiro atoms. The van der Waals surface area contributed by atoms with Crippen molar-refractivity contribution in [1.82, 2.24) is 14.6 Å². The van der Waals surface area contributed by atoms with E-state index in [1.807, 2.05) is 6.92 Å². The van der Waals surface area contributed by atoms with Crippen LogP contribution in [0.5, 0.6) is 0 Å². The van der Waals surface area contributed by atoms with Crippen LogP contribution >= 0.6 is 0 Å². The van der Waals surface area contributed by atoms with Crippen LogP contribution in [0.2, 0.25) is 0 Å². The van der Waals surface area contributed by atoms with Gasteiger partial charge in [-0.05, 0) is 31.6 Å². The normalized spacial score (nSPS) is 11.7. The number of hydrogen-bond donors (Lipinski definition) is 2. The van der Waals surface area contributed by atoms with Gasteiger partial charge >= 0.3 is 10.2 Å². The lowest BCUT2D eigenvalue weighted by Crippen LogP contribution is -2.34. The predicted octanol–water partition coefficient (Wildman–Crippen LogP) is 0.670. The van der Waals surface area contributed by atoms with Gasteiger partial charge in [0.05, 0.1) is 11.9 Å². The zero-order valence-corrected chi connectivity index (χ0v) is 11.6. The molecule has 2 N–H and O–H groups in total. The average molecular weight is 272 g/mol. The summed E-state index contributed by atoms with van der Waals surface area (Å²) in [5.74, 6) is 0.